The first kappa shape index (κ1) is 7.74. The Morgan fingerprint density at radius 1 is 1.50 bits per heavy atom. The lowest BCUT2D eigenvalue weighted by Gasteiger charge is -2.16. The van der Waals surface area contributed by atoms with E-state index in [0.29, 0.717) is 0 Å². The van der Waals surface area contributed by atoms with Crippen LogP contribution in [0.3, 0.4) is 0 Å². The second-order valence-electron chi connectivity index (χ2n) is 3.30. The van der Waals surface area contributed by atoms with E-state index in [1.54, 1.807) is 0 Å². The van der Waals surface area contributed by atoms with Crippen molar-refractivity contribution in [1.29, 1.82) is 0 Å². The van der Waals surface area contributed by atoms with Crippen molar-refractivity contribution in [3.05, 3.63) is 19.1 Å². The molecule has 0 fully saturated rings. The van der Waals surface area contributed by atoms with E-state index in [4.69, 9.17) is 0 Å². The number of rotatable bonds is 2. The Labute approximate surface area is 52.6 Å². The molecule has 0 aromatic heterocycles. The van der Waals surface area contributed by atoms with E-state index >= 15 is 0 Å². The van der Waals surface area contributed by atoms with E-state index in [9.17, 15) is 0 Å². The van der Waals surface area contributed by atoms with Crippen LogP contribution in [0.4, 0.5) is 0 Å². The van der Waals surface area contributed by atoms with Crippen LogP contribution < -0.4 is 0 Å². The average Bonchev–Trinajstić information content (AvgIpc) is 1.21. The first-order valence-corrected chi connectivity index (χ1v) is 2.91. The predicted octanol–water partition coefficient (Wildman–Crippen LogP) is 2.81. The lowest BCUT2D eigenvalue weighted by atomic mass is 9.89. The minimum atomic E-state index is 0.172. The van der Waals surface area contributed by atoms with Crippen molar-refractivity contribution < 1.29 is 0 Å². The summed E-state index contributed by atoms with van der Waals surface area (Å²) in [7, 11) is 0. The van der Waals surface area contributed by atoms with Crippen molar-refractivity contribution >= 4 is 0 Å². The van der Waals surface area contributed by atoms with Gasteiger partial charge in [-0.15, -0.1) is 6.58 Å². The highest BCUT2D eigenvalue weighted by molar-refractivity contribution is 4.94. The van der Waals surface area contributed by atoms with Crippen LogP contribution in [-0.4, -0.2) is 0 Å². The lowest BCUT2D eigenvalue weighted by molar-refractivity contribution is 0.471. The van der Waals surface area contributed by atoms with Crippen LogP contribution in [0.5, 0.6) is 0 Å². The molecule has 47 valence electrons. The minimum Gasteiger partial charge on any atom is -0.100 e. The first-order valence-electron chi connectivity index (χ1n) is 2.91. The van der Waals surface area contributed by atoms with Gasteiger partial charge in [0.2, 0.25) is 0 Å². The molecule has 0 aliphatic rings. The SMILES string of the molecule is [CH2]C(C)(C)CC(=C)C. The van der Waals surface area contributed by atoms with Gasteiger partial charge in [-0.25, -0.2) is 0 Å². The molecule has 0 aromatic rings. The standard InChI is InChI=1S/C8H15/c1-7(2)6-8(3,4)5/h1,3,6H2,2,4-5H3. The molecular weight excluding hydrogens is 96.1 g/mol. The molecule has 0 unspecified atom stereocenters. The van der Waals surface area contributed by atoms with Gasteiger partial charge in [-0.3, -0.25) is 0 Å². The van der Waals surface area contributed by atoms with Gasteiger partial charge < -0.3 is 0 Å². The molecule has 0 heterocycles. The van der Waals surface area contributed by atoms with Gasteiger partial charge in [0.05, 0.1) is 0 Å². The van der Waals surface area contributed by atoms with Crippen LogP contribution in [0, 0.1) is 12.3 Å². The van der Waals surface area contributed by atoms with Crippen molar-refractivity contribution in [3.63, 3.8) is 0 Å². The van der Waals surface area contributed by atoms with Crippen LogP contribution in [0.25, 0.3) is 0 Å². The third kappa shape index (κ3) is 5.74. The summed E-state index contributed by atoms with van der Waals surface area (Å²) in [4.78, 5) is 0. The Hall–Kier alpha value is -0.260. The Bertz CT molecular complexity index is 82.7. The van der Waals surface area contributed by atoms with Gasteiger partial charge in [0.1, 0.15) is 0 Å². The van der Waals surface area contributed by atoms with Gasteiger partial charge in [0.25, 0.3) is 0 Å². The maximum Gasteiger partial charge on any atom is -0.0274 e. The van der Waals surface area contributed by atoms with E-state index in [2.05, 4.69) is 27.4 Å². The highest BCUT2D eigenvalue weighted by atomic mass is 14.1. The van der Waals surface area contributed by atoms with Gasteiger partial charge in [-0.1, -0.05) is 19.4 Å². The normalized spacial score (nSPS) is 11.5. The Balaban J connectivity index is 3.55. The number of allylic oxidation sites excluding steroid dienone is 1. The summed E-state index contributed by atoms with van der Waals surface area (Å²) in [5.41, 5.74) is 1.39. The van der Waals surface area contributed by atoms with Crippen molar-refractivity contribution in [2.45, 2.75) is 27.2 Å². The number of hydrogen-bond acceptors (Lipinski definition) is 0. The molecule has 0 aliphatic heterocycles. The minimum absolute atomic E-state index is 0.172. The second-order valence-corrected chi connectivity index (χ2v) is 3.30. The first-order chi connectivity index (χ1) is 3.42. The molecule has 0 saturated heterocycles. The van der Waals surface area contributed by atoms with Gasteiger partial charge in [-0.2, -0.15) is 0 Å². The maximum absolute atomic E-state index is 3.95. The zero-order valence-electron chi connectivity index (χ0n) is 6.12. The van der Waals surface area contributed by atoms with Gasteiger partial charge >= 0.3 is 0 Å². The summed E-state index contributed by atoms with van der Waals surface area (Å²) < 4.78 is 0. The average molecular weight is 111 g/mol. The lowest BCUT2D eigenvalue weighted by Crippen LogP contribution is -2.04. The molecule has 0 nitrogen and oxygen atoms in total. The molecule has 0 aromatic carbocycles. The molecule has 0 bridgehead atoms. The molecule has 0 rings (SSSR count). The van der Waals surface area contributed by atoms with E-state index < -0.39 is 0 Å². The summed E-state index contributed by atoms with van der Waals surface area (Å²) in [6.07, 6.45) is 1.02. The highest BCUT2D eigenvalue weighted by Crippen LogP contribution is 2.21. The van der Waals surface area contributed by atoms with E-state index in [-0.39, 0.29) is 5.41 Å². The fraction of sp³-hybridized carbons (Fsp3) is 0.625. The topological polar surface area (TPSA) is 0 Å². The monoisotopic (exact) mass is 111 g/mol. The Morgan fingerprint density at radius 3 is 1.88 bits per heavy atom. The fourth-order valence-corrected chi connectivity index (χ4v) is 0.817. The van der Waals surface area contributed by atoms with Gasteiger partial charge in [-0.05, 0) is 25.7 Å². The van der Waals surface area contributed by atoms with Crippen LogP contribution in [-0.2, 0) is 0 Å². The third-order valence-corrected chi connectivity index (χ3v) is 0.780. The van der Waals surface area contributed by atoms with E-state index in [1.165, 1.54) is 5.57 Å². The summed E-state index contributed by atoms with van der Waals surface area (Å²) in [6.45, 7) is 14.0. The third-order valence-electron chi connectivity index (χ3n) is 0.780. The molecule has 0 amide bonds. The molecular formula is C8H15. The van der Waals surface area contributed by atoms with Crippen LogP contribution in [0.1, 0.15) is 27.2 Å². The molecule has 0 saturated carbocycles. The summed E-state index contributed by atoms with van der Waals surface area (Å²) >= 11 is 0. The fourth-order valence-electron chi connectivity index (χ4n) is 0.817. The summed E-state index contributed by atoms with van der Waals surface area (Å²) in [5, 5.41) is 0. The van der Waals surface area contributed by atoms with Gasteiger partial charge in [0.15, 0.2) is 0 Å². The van der Waals surface area contributed by atoms with Crippen LogP contribution in [0.2, 0.25) is 0 Å². The summed E-state index contributed by atoms with van der Waals surface area (Å²) in [6, 6.07) is 0. The zero-order chi connectivity index (χ0) is 6.78. The Morgan fingerprint density at radius 2 is 1.88 bits per heavy atom. The smallest absolute Gasteiger partial charge is 0.0274 e. The molecule has 1 radical (unpaired) electrons. The van der Waals surface area contributed by atoms with E-state index in [0.717, 1.165) is 6.42 Å². The second kappa shape index (κ2) is 2.34. The van der Waals surface area contributed by atoms with Gasteiger partial charge in [0, 0.05) is 0 Å². The quantitative estimate of drug-likeness (QED) is 0.481. The molecule has 0 N–H and O–H groups in total. The molecule has 0 heteroatoms. The van der Waals surface area contributed by atoms with Crippen molar-refractivity contribution in [1.82, 2.24) is 0 Å². The Kier molecular flexibility index (Phi) is 2.26. The van der Waals surface area contributed by atoms with Crippen molar-refractivity contribution in [2.24, 2.45) is 5.41 Å². The molecule has 0 spiro atoms. The van der Waals surface area contributed by atoms with Crippen LogP contribution >= 0.6 is 0 Å². The highest BCUT2D eigenvalue weighted by Gasteiger charge is 2.08. The van der Waals surface area contributed by atoms with Crippen molar-refractivity contribution in [3.8, 4) is 0 Å². The molecule has 0 aliphatic carbocycles. The summed E-state index contributed by atoms with van der Waals surface area (Å²) in [5.74, 6) is 0. The van der Waals surface area contributed by atoms with E-state index in [1.807, 2.05) is 6.92 Å². The number of hydrogen-bond donors (Lipinski definition) is 0. The van der Waals surface area contributed by atoms with Crippen molar-refractivity contribution in [2.75, 3.05) is 0 Å². The predicted molar refractivity (Wildman–Crippen MR) is 38.6 cm³/mol. The molecule has 0 atom stereocenters. The maximum atomic E-state index is 3.95. The zero-order valence-corrected chi connectivity index (χ0v) is 6.12. The molecule has 8 heavy (non-hydrogen) atoms. The largest absolute Gasteiger partial charge is 0.100 e. The van der Waals surface area contributed by atoms with Crippen LogP contribution in [0.15, 0.2) is 12.2 Å².